The summed E-state index contributed by atoms with van der Waals surface area (Å²) in [6.45, 7) is 0. The lowest BCUT2D eigenvalue weighted by Crippen LogP contribution is -2.00. The molecule has 4 aromatic rings. The third-order valence-electron chi connectivity index (χ3n) is 4.79. The molecule has 0 N–H and O–H groups in total. The van der Waals surface area contributed by atoms with E-state index in [1.54, 1.807) is 11.6 Å². The molecule has 0 aliphatic heterocycles. The number of oxazole rings is 1. The van der Waals surface area contributed by atoms with Crippen molar-refractivity contribution in [1.29, 1.82) is 0 Å². The van der Waals surface area contributed by atoms with E-state index in [0.717, 1.165) is 17.7 Å². The highest BCUT2D eigenvalue weighted by molar-refractivity contribution is 6.41. The van der Waals surface area contributed by atoms with Crippen molar-refractivity contribution >= 4 is 29.0 Å². The molecular formula is C21H11F2N3O3. The number of halogens is 2. The van der Waals surface area contributed by atoms with Gasteiger partial charge in [0.1, 0.15) is 5.82 Å². The first kappa shape index (κ1) is 17.2. The van der Waals surface area contributed by atoms with Crippen LogP contribution in [0.5, 0.6) is 0 Å². The number of imidazole rings is 1. The van der Waals surface area contributed by atoms with Gasteiger partial charge in [0.2, 0.25) is 11.5 Å². The number of fused-ring (bicyclic) bond motifs is 2. The molecule has 0 saturated carbocycles. The molecule has 0 spiro atoms. The zero-order valence-electron chi connectivity index (χ0n) is 14.9. The molecule has 6 nitrogen and oxygen atoms in total. The third kappa shape index (κ3) is 2.53. The number of nitrogens with zero attached hydrogens (tertiary/aromatic N) is 3. The summed E-state index contributed by atoms with van der Waals surface area (Å²) >= 11 is 0. The molecule has 1 aliphatic rings. The first-order valence-electron chi connectivity index (χ1n) is 8.63. The van der Waals surface area contributed by atoms with Gasteiger partial charge in [0.05, 0.1) is 5.57 Å². The van der Waals surface area contributed by atoms with Crippen molar-refractivity contribution in [3.63, 3.8) is 0 Å². The molecule has 142 valence electrons. The summed E-state index contributed by atoms with van der Waals surface area (Å²) in [7, 11) is 1.77. The van der Waals surface area contributed by atoms with Crippen LogP contribution in [0.25, 0.3) is 28.8 Å². The van der Waals surface area contributed by atoms with Crippen molar-refractivity contribution in [2.45, 2.75) is 0 Å². The number of hydrogen-bond donors (Lipinski definition) is 0. The monoisotopic (exact) mass is 391 g/mol. The van der Waals surface area contributed by atoms with Crippen molar-refractivity contribution < 1.29 is 22.8 Å². The van der Waals surface area contributed by atoms with Gasteiger partial charge in [0.15, 0.2) is 23.2 Å². The molecule has 0 radical (unpaired) electrons. The summed E-state index contributed by atoms with van der Waals surface area (Å²) in [5.41, 5.74) is 0.930. The van der Waals surface area contributed by atoms with Gasteiger partial charge >= 0.3 is 0 Å². The highest BCUT2D eigenvalue weighted by atomic mass is 19.2. The zero-order chi connectivity index (χ0) is 20.3. The first-order chi connectivity index (χ1) is 13.9. The number of hydrogen-bond acceptors (Lipinski definition) is 5. The van der Waals surface area contributed by atoms with Crippen LogP contribution in [0.15, 0.2) is 52.5 Å². The molecule has 0 atom stereocenters. The van der Waals surface area contributed by atoms with Crippen LogP contribution in [0.2, 0.25) is 0 Å². The Labute approximate surface area is 162 Å². The van der Waals surface area contributed by atoms with Gasteiger partial charge in [0.25, 0.3) is 5.71 Å². The number of allylic oxidation sites excluding steroid dienone is 1. The predicted molar refractivity (Wildman–Crippen MR) is 99.2 cm³/mol. The Bertz CT molecular complexity index is 1320. The number of ketones is 2. The summed E-state index contributed by atoms with van der Waals surface area (Å²) < 4.78 is 34.2. The van der Waals surface area contributed by atoms with Gasteiger partial charge in [-0.3, -0.25) is 9.59 Å². The highest BCUT2D eigenvalue weighted by Crippen LogP contribution is 2.30. The van der Waals surface area contributed by atoms with Crippen molar-refractivity contribution in [3.8, 4) is 11.4 Å². The minimum Gasteiger partial charge on any atom is -0.417 e. The number of aromatic nitrogens is 3. The van der Waals surface area contributed by atoms with Crippen LogP contribution in [0.4, 0.5) is 8.78 Å². The largest absolute Gasteiger partial charge is 0.417 e. The van der Waals surface area contributed by atoms with Crippen LogP contribution in [0, 0.1) is 11.6 Å². The van der Waals surface area contributed by atoms with E-state index in [1.165, 1.54) is 6.08 Å². The van der Waals surface area contributed by atoms with Crippen LogP contribution in [-0.4, -0.2) is 26.1 Å². The molecular weight excluding hydrogens is 380 g/mol. The van der Waals surface area contributed by atoms with Crippen molar-refractivity contribution in [2.75, 3.05) is 0 Å². The fraction of sp³-hybridized carbons (Fsp3) is 0.0476. The molecule has 0 unspecified atom stereocenters. The Morgan fingerprint density at radius 2 is 1.59 bits per heavy atom. The molecule has 8 heteroatoms. The molecule has 0 fully saturated rings. The molecule has 2 aromatic heterocycles. The van der Waals surface area contributed by atoms with Crippen molar-refractivity contribution in [2.24, 2.45) is 7.05 Å². The number of aryl methyl sites for hydroxylation is 1. The lowest BCUT2D eigenvalue weighted by atomic mass is 10.1. The average molecular weight is 391 g/mol. The molecule has 2 aromatic carbocycles. The molecule has 2 heterocycles. The second-order valence-corrected chi connectivity index (χ2v) is 6.57. The Hall–Kier alpha value is -3.94. The van der Waals surface area contributed by atoms with Gasteiger partial charge < -0.3 is 8.98 Å². The summed E-state index contributed by atoms with van der Waals surface area (Å²) in [6.07, 6.45) is 1.17. The van der Waals surface area contributed by atoms with E-state index in [2.05, 4.69) is 9.97 Å². The Morgan fingerprint density at radius 1 is 0.966 bits per heavy atom. The van der Waals surface area contributed by atoms with Crippen molar-refractivity contribution in [1.82, 2.24) is 14.5 Å². The second-order valence-electron chi connectivity index (χ2n) is 6.57. The number of rotatable bonds is 2. The van der Waals surface area contributed by atoms with E-state index in [0.29, 0.717) is 11.5 Å². The zero-order valence-corrected chi connectivity index (χ0v) is 14.9. The minimum absolute atomic E-state index is 0.00293. The standard InChI is InChI=1S/C21H11F2N3O3/c1-26-19(10-5-3-2-4-6-10)25-21-20(26)24-16(29-21)9-13-17(27)11-7-14(22)15(23)8-12(11)18(13)28/h2-9H,1H3. The molecule has 0 amide bonds. The van der Waals surface area contributed by atoms with E-state index in [1.807, 2.05) is 30.3 Å². The van der Waals surface area contributed by atoms with Crippen LogP contribution < -0.4 is 0 Å². The smallest absolute Gasteiger partial charge is 0.267 e. The van der Waals surface area contributed by atoms with Crippen LogP contribution in [-0.2, 0) is 7.05 Å². The molecule has 0 bridgehead atoms. The lowest BCUT2D eigenvalue weighted by molar-refractivity contribution is 0.0990. The van der Waals surface area contributed by atoms with E-state index >= 15 is 0 Å². The SMILES string of the molecule is Cn1c(-c2ccccc2)nc2oc(C=C3C(=O)c4cc(F)c(F)cc4C3=O)nc21. The summed E-state index contributed by atoms with van der Waals surface area (Å²) in [5.74, 6) is -3.13. The maximum atomic E-state index is 13.4. The number of carbonyl (C=O) groups is 2. The van der Waals surface area contributed by atoms with Gasteiger partial charge in [-0.1, -0.05) is 30.3 Å². The molecule has 29 heavy (non-hydrogen) atoms. The quantitative estimate of drug-likeness (QED) is 0.382. The van der Waals surface area contributed by atoms with Gasteiger partial charge in [-0.2, -0.15) is 9.97 Å². The fourth-order valence-electron chi connectivity index (χ4n) is 3.36. The minimum atomic E-state index is -1.19. The van der Waals surface area contributed by atoms with E-state index < -0.39 is 23.2 Å². The lowest BCUT2D eigenvalue weighted by Gasteiger charge is -2.00. The van der Waals surface area contributed by atoms with E-state index in [-0.39, 0.29) is 28.3 Å². The van der Waals surface area contributed by atoms with Crippen LogP contribution in [0.1, 0.15) is 26.6 Å². The average Bonchev–Trinajstić information content (AvgIpc) is 3.32. The van der Waals surface area contributed by atoms with E-state index in [9.17, 15) is 18.4 Å². The Morgan fingerprint density at radius 3 is 2.17 bits per heavy atom. The predicted octanol–water partition coefficient (Wildman–Crippen LogP) is 3.97. The van der Waals surface area contributed by atoms with Crippen molar-refractivity contribution in [3.05, 3.63) is 76.7 Å². The Balaban J connectivity index is 1.56. The summed E-state index contributed by atoms with van der Waals surface area (Å²) in [5, 5.41) is 0. The maximum Gasteiger partial charge on any atom is 0.267 e. The van der Waals surface area contributed by atoms with Gasteiger partial charge in [-0.05, 0) is 12.1 Å². The first-order valence-corrected chi connectivity index (χ1v) is 8.63. The van der Waals surface area contributed by atoms with Crippen LogP contribution >= 0.6 is 0 Å². The number of Topliss-reactive ketones (excluding diaryl/α,β-unsaturated/α-hetero) is 2. The highest BCUT2D eigenvalue weighted by Gasteiger charge is 2.35. The number of benzene rings is 2. The topological polar surface area (TPSA) is 78.0 Å². The second kappa shape index (κ2) is 6.03. The Kier molecular flexibility index (Phi) is 3.57. The summed E-state index contributed by atoms with van der Waals surface area (Å²) in [4.78, 5) is 33.6. The molecule has 1 aliphatic carbocycles. The van der Waals surface area contributed by atoms with Crippen LogP contribution in [0.3, 0.4) is 0 Å². The van der Waals surface area contributed by atoms with Gasteiger partial charge in [-0.25, -0.2) is 8.78 Å². The summed E-state index contributed by atoms with van der Waals surface area (Å²) in [6, 6.07) is 10.9. The van der Waals surface area contributed by atoms with Gasteiger partial charge in [-0.15, -0.1) is 0 Å². The maximum absolute atomic E-state index is 13.4. The van der Waals surface area contributed by atoms with E-state index in [4.69, 9.17) is 4.42 Å². The normalized spacial score (nSPS) is 13.4. The number of carbonyl (C=O) groups excluding carboxylic acids is 2. The fourth-order valence-corrected chi connectivity index (χ4v) is 3.36. The van der Waals surface area contributed by atoms with Gasteiger partial charge in [0, 0.05) is 29.8 Å². The third-order valence-corrected chi connectivity index (χ3v) is 4.79. The molecule has 5 rings (SSSR count). The molecule has 0 saturated heterocycles.